The second-order valence-corrected chi connectivity index (χ2v) is 7.65. The molecule has 162 valence electrons. The zero-order valence-corrected chi connectivity index (χ0v) is 18.4. The molecule has 4 nitrogen and oxygen atoms in total. The van der Waals surface area contributed by atoms with Gasteiger partial charge in [-0.05, 0) is 52.8 Å². The molecule has 0 aliphatic heterocycles. The molecule has 0 heterocycles. The summed E-state index contributed by atoms with van der Waals surface area (Å²) in [6.45, 7) is 2.54. The summed E-state index contributed by atoms with van der Waals surface area (Å²) < 4.78 is 6.07. The minimum Gasteiger partial charge on any atom is -0.488 e. The van der Waals surface area contributed by atoms with E-state index >= 15 is 0 Å². The predicted molar refractivity (Wildman–Crippen MR) is 133 cm³/mol. The number of hydrogen-bond acceptors (Lipinski definition) is 3. The van der Waals surface area contributed by atoms with E-state index in [1.165, 1.54) is 5.56 Å². The van der Waals surface area contributed by atoms with Gasteiger partial charge in [-0.2, -0.15) is 5.26 Å². The van der Waals surface area contributed by atoms with Crippen molar-refractivity contribution in [3.63, 3.8) is 0 Å². The molecule has 0 radical (unpaired) electrons. The Balaban J connectivity index is 1.59. The quantitative estimate of drug-likeness (QED) is 0.267. The van der Waals surface area contributed by atoms with Crippen molar-refractivity contribution in [1.82, 2.24) is 0 Å². The highest BCUT2D eigenvalue weighted by Gasteiger charge is 2.12. The van der Waals surface area contributed by atoms with Crippen molar-refractivity contribution in [2.45, 2.75) is 20.0 Å². The second-order valence-electron chi connectivity index (χ2n) is 7.65. The van der Waals surface area contributed by atoms with Crippen molar-refractivity contribution in [3.05, 3.63) is 113 Å². The van der Waals surface area contributed by atoms with Gasteiger partial charge in [-0.3, -0.25) is 4.79 Å². The number of amides is 1. The molecule has 0 unspecified atom stereocenters. The van der Waals surface area contributed by atoms with Gasteiger partial charge in [0.15, 0.2) is 0 Å². The normalized spacial score (nSPS) is 11.1. The molecule has 1 N–H and O–H groups in total. The molecule has 0 aliphatic rings. The van der Waals surface area contributed by atoms with E-state index in [2.05, 4.69) is 12.2 Å². The van der Waals surface area contributed by atoms with Crippen LogP contribution < -0.4 is 10.1 Å². The van der Waals surface area contributed by atoms with Gasteiger partial charge in [0.2, 0.25) is 0 Å². The summed E-state index contributed by atoms with van der Waals surface area (Å²) >= 11 is 0. The molecule has 33 heavy (non-hydrogen) atoms. The molecule has 4 rings (SSSR count). The number of rotatable bonds is 7. The van der Waals surface area contributed by atoms with E-state index in [9.17, 15) is 10.1 Å². The highest BCUT2D eigenvalue weighted by molar-refractivity contribution is 6.11. The average molecular weight is 433 g/mol. The largest absolute Gasteiger partial charge is 0.488 e. The number of hydrogen-bond donors (Lipinski definition) is 1. The lowest BCUT2D eigenvalue weighted by molar-refractivity contribution is -0.112. The van der Waals surface area contributed by atoms with Crippen molar-refractivity contribution in [2.24, 2.45) is 0 Å². The Bertz CT molecular complexity index is 1330. The Morgan fingerprint density at radius 2 is 1.58 bits per heavy atom. The first kappa shape index (κ1) is 21.9. The second kappa shape index (κ2) is 10.3. The van der Waals surface area contributed by atoms with Gasteiger partial charge < -0.3 is 10.1 Å². The third-order valence-electron chi connectivity index (χ3n) is 5.44. The van der Waals surface area contributed by atoms with Crippen molar-refractivity contribution in [2.75, 3.05) is 5.32 Å². The number of carbonyl (C=O) groups excluding carboxylic acids is 1. The van der Waals surface area contributed by atoms with Crippen LogP contribution in [0, 0.1) is 11.3 Å². The molecule has 0 aromatic heterocycles. The molecule has 0 aliphatic carbocycles. The number of fused-ring (bicyclic) bond motifs is 1. The standard InChI is InChI=1S/C29H24N2O2/c1-2-21-12-15-25(16-13-21)31-29(32)24(19-30)18-23-14-17-28(27-11-7-6-10-26(23)27)33-20-22-8-4-3-5-9-22/h3-18H,2,20H2,1H3,(H,31,32)/b24-18-. The number of nitrogens with zero attached hydrogens (tertiary/aromatic N) is 1. The van der Waals surface area contributed by atoms with E-state index in [1.54, 1.807) is 6.08 Å². The molecular formula is C29H24N2O2. The van der Waals surface area contributed by atoms with Gasteiger partial charge >= 0.3 is 0 Å². The molecule has 0 atom stereocenters. The third kappa shape index (κ3) is 5.28. The first-order valence-corrected chi connectivity index (χ1v) is 10.9. The average Bonchev–Trinajstić information content (AvgIpc) is 2.87. The monoisotopic (exact) mass is 432 g/mol. The first-order valence-electron chi connectivity index (χ1n) is 10.9. The van der Waals surface area contributed by atoms with Gasteiger partial charge in [-0.1, -0.05) is 79.7 Å². The molecule has 0 saturated carbocycles. The number of nitrogens with one attached hydrogen (secondary N) is 1. The van der Waals surface area contributed by atoms with Gasteiger partial charge in [0.1, 0.15) is 24.0 Å². The van der Waals surface area contributed by atoms with E-state index in [1.807, 2.05) is 97.1 Å². The Morgan fingerprint density at radius 1 is 0.879 bits per heavy atom. The van der Waals surface area contributed by atoms with Crippen LogP contribution in [-0.2, 0) is 17.8 Å². The first-order chi connectivity index (χ1) is 16.2. The fourth-order valence-electron chi connectivity index (χ4n) is 3.61. The number of ether oxygens (including phenoxy) is 1. The Labute approximate surface area is 193 Å². The smallest absolute Gasteiger partial charge is 0.266 e. The molecule has 4 aromatic carbocycles. The van der Waals surface area contributed by atoms with E-state index in [4.69, 9.17) is 4.74 Å². The minimum atomic E-state index is -0.435. The highest BCUT2D eigenvalue weighted by Crippen LogP contribution is 2.30. The molecule has 0 saturated heterocycles. The van der Waals surface area contributed by atoms with Crippen LogP contribution in [-0.4, -0.2) is 5.91 Å². The Hall–Kier alpha value is -4.36. The van der Waals surface area contributed by atoms with Crippen LogP contribution in [0.3, 0.4) is 0 Å². The number of carbonyl (C=O) groups is 1. The topological polar surface area (TPSA) is 62.1 Å². The van der Waals surface area contributed by atoms with Crippen molar-refractivity contribution >= 4 is 28.4 Å². The summed E-state index contributed by atoms with van der Waals surface area (Å²) in [4.78, 5) is 12.7. The summed E-state index contributed by atoms with van der Waals surface area (Å²) in [6.07, 6.45) is 2.55. The van der Waals surface area contributed by atoms with Gasteiger partial charge in [-0.15, -0.1) is 0 Å². The Kier molecular flexibility index (Phi) is 6.82. The highest BCUT2D eigenvalue weighted by atomic mass is 16.5. The van der Waals surface area contributed by atoms with Crippen LogP contribution >= 0.6 is 0 Å². The zero-order valence-electron chi connectivity index (χ0n) is 18.4. The summed E-state index contributed by atoms with van der Waals surface area (Å²) in [5.74, 6) is 0.320. The predicted octanol–water partition coefficient (Wildman–Crippen LogP) is 6.53. The van der Waals surface area contributed by atoms with E-state index in [-0.39, 0.29) is 5.57 Å². The van der Waals surface area contributed by atoms with E-state index < -0.39 is 5.91 Å². The van der Waals surface area contributed by atoms with Crippen molar-refractivity contribution in [3.8, 4) is 11.8 Å². The SMILES string of the molecule is CCc1ccc(NC(=O)/C(C#N)=C\c2ccc(OCc3ccccc3)c3ccccc23)cc1. The maximum atomic E-state index is 12.7. The molecule has 0 spiro atoms. The number of nitriles is 1. The minimum absolute atomic E-state index is 0.0395. The van der Waals surface area contributed by atoms with Crippen LogP contribution in [0.5, 0.6) is 5.75 Å². The number of aryl methyl sites for hydroxylation is 1. The van der Waals surface area contributed by atoms with Crippen molar-refractivity contribution in [1.29, 1.82) is 5.26 Å². The maximum absolute atomic E-state index is 12.7. The van der Waals surface area contributed by atoms with Gasteiger partial charge in [-0.25, -0.2) is 0 Å². The number of benzene rings is 4. The molecule has 4 heteroatoms. The van der Waals surface area contributed by atoms with Crippen molar-refractivity contribution < 1.29 is 9.53 Å². The lowest BCUT2D eigenvalue weighted by Crippen LogP contribution is -2.13. The summed E-state index contributed by atoms with van der Waals surface area (Å²) in [7, 11) is 0. The number of anilines is 1. The third-order valence-corrected chi connectivity index (χ3v) is 5.44. The Morgan fingerprint density at radius 3 is 2.27 bits per heavy atom. The van der Waals surface area contributed by atoms with Crippen LogP contribution in [0.4, 0.5) is 5.69 Å². The lowest BCUT2D eigenvalue weighted by Gasteiger charge is -2.12. The summed E-state index contributed by atoms with van der Waals surface area (Å²) in [5.41, 5.74) is 3.75. The van der Waals surface area contributed by atoms with Gasteiger partial charge in [0.25, 0.3) is 5.91 Å². The van der Waals surface area contributed by atoms with Crippen LogP contribution in [0.1, 0.15) is 23.6 Å². The molecular weight excluding hydrogens is 408 g/mol. The summed E-state index contributed by atoms with van der Waals surface area (Å²) in [6, 6.07) is 31.2. The molecule has 0 bridgehead atoms. The lowest BCUT2D eigenvalue weighted by atomic mass is 10.0. The zero-order chi connectivity index (χ0) is 23.0. The van der Waals surface area contributed by atoms with Crippen LogP contribution in [0.2, 0.25) is 0 Å². The van der Waals surface area contributed by atoms with Crippen LogP contribution in [0.15, 0.2) is 96.6 Å². The van der Waals surface area contributed by atoms with E-state index in [0.717, 1.165) is 34.1 Å². The van der Waals surface area contributed by atoms with Gasteiger partial charge in [0.05, 0.1) is 0 Å². The van der Waals surface area contributed by atoms with Crippen LogP contribution in [0.25, 0.3) is 16.8 Å². The van der Waals surface area contributed by atoms with Gasteiger partial charge in [0, 0.05) is 11.1 Å². The summed E-state index contributed by atoms with van der Waals surface area (Å²) in [5, 5.41) is 14.3. The fourth-order valence-corrected chi connectivity index (χ4v) is 3.61. The maximum Gasteiger partial charge on any atom is 0.266 e. The molecule has 1 amide bonds. The van der Waals surface area contributed by atoms with E-state index in [0.29, 0.717) is 12.3 Å². The molecule has 4 aromatic rings. The molecule has 0 fully saturated rings. The fraction of sp³-hybridized carbons (Fsp3) is 0.103.